The summed E-state index contributed by atoms with van der Waals surface area (Å²) in [5, 5.41) is 0. The van der Waals surface area contributed by atoms with Gasteiger partial charge in [0.2, 0.25) is 0 Å². The SMILES string of the molecule is C=CC(C)=O.COc1ccc(-c2ccc(C)nc2)cc1.Cc1cc(C(C)C)c(C)cc1Br. The van der Waals surface area contributed by atoms with E-state index >= 15 is 0 Å². The molecule has 0 aliphatic carbocycles. The van der Waals surface area contributed by atoms with E-state index in [-0.39, 0.29) is 5.78 Å². The van der Waals surface area contributed by atoms with E-state index < -0.39 is 0 Å². The molecule has 0 bridgehead atoms. The summed E-state index contributed by atoms with van der Waals surface area (Å²) in [6.45, 7) is 15.4. The van der Waals surface area contributed by atoms with E-state index in [0.717, 1.165) is 22.6 Å². The van der Waals surface area contributed by atoms with Crippen molar-refractivity contribution in [2.45, 2.75) is 47.5 Å². The molecule has 170 valence electrons. The Balaban J connectivity index is 0.000000270. The summed E-state index contributed by atoms with van der Waals surface area (Å²) in [6, 6.07) is 16.5. The highest BCUT2D eigenvalue weighted by molar-refractivity contribution is 9.10. The predicted molar refractivity (Wildman–Crippen MR) is 140 cm³/mol. The number of aromatic nitrogens is 1. The molecule has 1 heterocycles. The summed E-state index contributed by atoms with van der Waals surface area (Å²) in [4.78, 5) is 14.0. The minimum Gasteiger partial charge on any atom is -0.497 e. The molecule has 0 spiro atoms. The lowest BCUT2D eigenvalue weighted by Gasteiger charge is -2.11. The second-order valence-electron chi connectivity index (χ2n) is 7.84. The highest BCUT2D eigenvalue weighted by atomic mass is 79.9. The van der Waals surface area contributed by atoms with Gasteiger partial charge in [0.05, 0.1) is 7.11 Å². The summed E-state index contributed by atoms with van der Waals surface area (Å²) >= 11 is 3.53. The van der Waals surface area contributed by atoms with Crippen LogP contribution in [0.25, 0.3) is 11.1 Å². The summed E-state index contributed by atoms with van der Waals surface area (Å²) < 4.78 is 6.32. The van der Waals surface area contributed by atoms with Crippen LogP contribution in [0, 0.1) is 20.8 Å². The molecule has 32 heavy (non-hydrogen) atoms. The fourth-order valence-electron chi connectivity index (χ4n) is 2.85. The highest BCUT2D eigenvalue weighted by Crippen LogP contribution is 2.26. The van der Waals surface area contributed by atoms with Crippen LogP contribution in [0.4, 0.5) is 0 Å². The first-order valence-electron chi connectivity index (χ1n) is 10.6. The van der Waals surface area contributed by atoms with Crippen molar-refractivity contribution >= 4 is 21.7 Å². The quantitative estimate of drug-likeness (QED) is 0.344. The number of benzene rings is 2. The first-order valence-corrected chi connectivity index (χ1v) is 11.3. The van der Waals surface area contributed by atoms with Gasteiger partial charge in [0, 0.05) is 21.9 Å². The number of ether oxygens (including phenoxy) is 1. The van der Waals surface area contributed by atoms with Crippen LogP contribution in [0.15, 0.2) is 71.9 Å². The zero-order chi connectivity index (χ0) is 24.3. The number of ketones is 1. The van der Waals surface area contributed by atoms with Gasteiger partial charge >= 0.3 is 0 Å². The molecule has 0 saturated heterocycles. The predicted octanol–water partition coefficient (Wildman–Crippen LogP) is 8.02. The Kier molecular flexibility index (Phi) is 11.6. The van der Waals surface area contributed by atoms with E-state index in [0.29, 0.717) is 5.92 Å². The maximum Gasteiger partial charge on any atom is 0.152 e. The number of rotatable bonds is 4. The van der Waals surface area contributed by atoms with Crippen molar-refractivity contribution < 1.29 is 9.53 Å². The van der Waals surface area contributed by atoms with E-state index in [4.69, 9.17) is 4.74 Å². The maximum absolute atomic E-state index is 9.69. The van der Waals surface area contributed by atoms with Gasteiger partial charge in [-0.2, -0.15) is 0 Å². The minimum atomic E-state index is 0.0185. The Morgan fingerprint density at radius 3 is 2.00 bits per heavy atom. The molecule has 0 atom stereocenters. The molecule has 2 aromatic carbocycles. The smallest absolute Gasteiger partial charge is 0.152 e. The number of pyridine rings is 1. The second-order valence-corrected chi connectivity index (χ2v) is 8.70. The minimum absolute atomic E-state index is 0.0185. The second kappa shape index (κ2) is 13.6. The Hall–Kier alpha value is -2.72. The number of hydrogen-bond donors (Lipinski definition) is 0. The van der Waals surface area contributed by atoms with Crippen LogP contribution in [0.3, 0.4) is 0 Å². The lowest BCUT2D eigenvalue weighted by molar-refractivity contribution is -0.112. The molecule has 0 unspecified atom stereocenters. The third-order valence-electron chi connectivity index (χ3n) is 4.79. The van der Waals surface area contributed by atoms with Crippen LogP contribution in [-0.4, -0.2) is 17.9 Å². The molecular weight excluding hydrogens is 462 g/mol. The molecule has 0 aliphatic heterocycles. The average Bonchev–Trinajstić information content (AvgIpc) is 2.77. The Labute approximate surface area is 201 Å². The van der Waals surface area contributed by atoms with Gasteiger partial charge in [-0.15, -0.1) is 0 Å². The fraction of sp³-hybridized carbons (Fsp3) is 0.286. The number of halogens is 1. The molecule has 0 fully saturated rings. The van der Waals surface area contributed by atoms with Crippen molar-refractivity contribution in [3.8, 4) is 16.9 Å². The van der Waals surface area contributed by atoms with E-state index in [1.165, 1.54) is 34.2 Å². The lowest BCUT2D eigenvalue weighted by atomic mass is 9.96. The molecule has 0 amide bonds. The van der Waals surface area contributed by atoms with Gasteiger partial charge < -0.3 is 4.74 Å². The Morgan fingerprint density at radius 2 is 1.56 bits per heavy atom. The molecule has 0 aliphatic rings. The van der Waals surface area contributed by atoms with Crippen LogP contribution >= 0.6 is 15.9 Å². The zero-order valence-electron chi connectivity index (χ0n) is 20.2. The largest absolute Gasteiger partial charge is 0.497 e. The van der Waals surface area contributed by atoms with E-state index in [1.54, 1.807) is 7.11 Å². The first kappa shape index (κ1) is 27.3. The van der Waals surface area contributed by atoms with Crippen LogP contribution in [0.1, 0.15) is 49.1 Å². The van der Waals surface area contributed by atoms with Gasteiger partial charge in [0.15, 0.2) is 5.78 Å². The van der Waals surface area contributed by atoms with E-state index in [9.17, 15) is 4.79 Å². The fourth-order valence-corrected chi connectivity index (χ4v) is 3.31. The molecule has 0 N–H and O–H groups in total. The number of carbonyl (C=O) groups is 1. The van der Waals surface area contributed by atoms with Gasteiger partial charge in [-0.25, -0.2) is 0 Å². The molecule has 3 aromatic rings. The highest BCUT2D eigenvalue weighted by Gasteiger charge is 2.05. The van der Waals surface area contributed by atoms with Crippen molar-refractivity contribution in [3.63, 3.8) is 0 Å². The third-order valence-corrected chi connectivity index (χ3v) is 5.65. The number of allylic oxidation sites excluding steroid dienone is 1. The van der Waals surface area contributed by atoms with Gasteiger partial charge in [-0.05, 0) is 86.2 Å². The molecule has 4 heteroatoms. The number of carbonyl (C=O) groups excluding carboxylic acids is 1. The monoisotopic (exact) mass is 495 g/mol. The van der Waals surface area contributed by atoms with Gasteiger partial charge in [-0.3, -0.25) is 9.78 Å². The van der Waals surface area contributed by atoms with Gasteiger partial charge in [0.1, 0.15) is 5.75 Å². The normalized spacial score (nSPS) is 9.78. The number of aryl methyl sites for hydroxylation is 3. The standard InChI is InChI=1S/C13H13NO.C11H15Br.C4H6O/c1-10-3-4-12(9-14-10)11-5-7-13(15-2)8-6-11;1-7(2)10-5-9(4)11(12)6-8(10)3;1-3-4(2)5/h3-9H,1-2H3;5-7H,1-4H3;3H,1H2,2H3. The summed E-state index contributed by atoms with van der Waals surface area (Å²) in [5.74, 6) is 1.51. The number of methoxy groups -OCH3 is 1. The number of nitrogens with zero attached hydrogens (tertiary/aromatic N) is 1. The Bertz CT molecular complexity index is 1010. The molecule has 3 nitrogen and oxygen atoms in total. The van der Waals surface area contributed by atoms with E-state index in [1.807, 2.05) is 43.5 Å². The van der Waals surface area contributed by atoms with Crippen LogP contribution < -0.4 is 4.74 Å². The first-order chi connectivity index (χ1) is 15.1. The van der Waals surface area contributed by atoms with Crippen molar-refractivity contribution in [2.75, 3.05) is 7.11 Å². The van der Waals surface area contributed by atoms with Gasteiger partial charge in [0.25, 0.3) is 0 Å². The molecular formula is C28H34BrNO2. The van der Waals surface area contributed by atoms with Crippen LogP contribution in [-0.2, 0) is 4.79 Å². The van der Waals surface area contributed by atoms with Crippen molar-refractivity contribution in [1.82, 2.24) is 4.98 Å². The van der Waals surface area contributed by atoms with E-state index in [2.05, 4.69) is 73.4 Å². The van der Waals surface area contributed by atoms with Crippen molar-refractivity contribution in [1.29, 1.82) is 0 Å². The summed E-state index contributed by atoms with van der Waals surface area (Å²) in [5.41, 5.74) is 7.47. The molecule has 0 saturated carbocycles. The summed E-state index contributed by atoms with van der Waals surface area (Å²) in [6.07, 6.45) is 3.16. The summed E-state index contributed by atoms with van der Waals surface area (Å²) in [7, 11) is 1.67. The van der Waals surface area contributed by atoms with Crippen LogP contribution in [0.5, 0.6) is 5.75 Å². The van der Waals surface area contributed by atoms with Crippen molar-refractivity contribution in [3.05, 3.63) is 94.2 Å². The maximum atomic E-state index is 9.69. The lowest BCUT2D eigenvalue weighted by Crippen LogP contribution is -1.93. The number of hydrogen-bond acceptors (Lipinski definition) is 3. The molecule has 0 radical (unpaired) electrons. The van der Waals surface area contributed by atoms with Gasteiger partial charge in [-0.1, -0.05) is 60.6 Å². The Morgan fingerprint density at radius 1 is 1.00 bits per heavy atom. The van der Waals surface area contributed by atoms with Crippen LogP contribution in [0.2, 0.25) is 0 Å². The third kappa shape index (κ3) is 9.19. The average molecular weight is 496 g/mol. The topological polar surface area (TPSA) is 39.2 Å². The zero-order valence-corrected chi connectivity index (χ0v) is 21.8. The van der Waals surface area contributed by atoms with Crippen molar-refractivity contribution in [2.24, 2.45) is 0 Å². The molecule has 1 aromatic heterocycles. The molecule has 3 rings (SSSR count).